The van der Waals surface area contributed by atoms with Gasteiger partial charge < -0.3 is 10.6 Å². The van der Waals surface area contributed by atoms with Crippen LogP contribution in [0.3, 0.4) is 0 Å². The lowest BCUT2D eigenvalue weighted by molar-refractivity contribution is 0.363. The molecule has 18 heavy (non-hydrogen) atoms. The number of nitrogens with zero attached hydrogens (tertiary/aromatic N) is 1. The minimum Gasteiger partial charge on any atom is -0.371 e. The lowest BCUT2D eigenvalue weighted by atomic mass is 9.89. The van der Waals surface area contributed by atoms with E-state index in [2.05, 4.69) is 43.9 Å². The summed E-state index contributed by atoms with van der Waals surface area (Å²) in [5, 5.41) is 0. The summed E-state index contributed by atoms with van der Waals surface area (Å²) in [4.78, 5) is 2.55. The third kappa shape index (κ3) is 2.69. The standard InChI is InChI=1S/C16H26N2/c1-4-13-7-6-8-14(5-2)15(13)18-11-9-16(3,17)10-12-18/h6-8H,4-5,9-12,17H2,1-3H3. The molecule has 2 heteroatoms. The SMILES string of the molecule is CCc1cccc(CC)c1N1CCC(C)(N)CC1. The molecule has 100 valence electrons. The lowest BCUT2D eigenvalue weighted by Gasteiger charge is -2.39. The summed E-state index contributed by atoms with van der Waals surface area (Å²) in [6.45, 7) is 8.86. The third-order valence-corrected chi connectivity index (χ3v) is 4.19. The van der Waals surface area contributed by atoms with Crippen molar-refractivity contribution in [3.8, 4) is 0 Å². The van der Waals surface area contributed by atoms with Gasteiger partial charge in [0.2, 0.25) is 0 Å². The monoisotopic (exact) mass is 246 g/mol. The van der Waals surface area contributed by atoms with Crippen molar-refractivity contribution in [1.29, 1.82) is 0 Å². The van der Waals surface area contributed by atoms with E-state index in [9.17, 15) is 0 Å². The molecule has 0 atom stereocenters. The highest BCUT2D eigenvalue weighted by molar-refractivity contribution is 5.60. The van der Waals surface area contributed by atoms with Gasteiger partial charge in [0.25, 0.3) is 0 Å². The molecule has 0 aliphatic carbocycles. The molecule has 1 aliphatic heterocycles. The number of hydrogen-bond acceptors (Lipinski definition) is 2. The molecule has 0 bridgehead atoms. The third-order valence-electron chi connectivity index (χ3n) is 4.19. The van der Waals surface area contributed by atoms with Crippen LogP contribution in [-0.4, -0.2) is 18.6 Å². The van der Waals surface area contributed by atoms with Crippen LogP contribution in [0.4, 0.5) is 5.69 Å². The number of benzene rings is 1. The van der Waals surface area contributed by atoms with Crippen LogP contribution in [0.15, 0.2) is 18.2 Å². The highest BCUT2D eigenvalue weighted by atomic mass is 15.1. The fraction of sp³-hybridized carbons (Fsp3) is 0.625. The van der Waals surface area contributed by atoms with Crippen LogP contribution in [0.5, 0.6) is 0 Å². The first-order chi connectivity index (χ1) is 8.57. The van der Waals surface area contributed by atoms with Gasteiger partial charge in [-0.1, -0.05) is 32.0 Å². The van der Waals surface area contributed by atoms with Crippen LogP contribution in [0.25, 0.3) is 0 Å². The largest absolute Gasteiger partial charge is 0.371 e. The van der Waals surface area contributed by atoms with E-state index in [4.69, 9.17) is 5.73 Å². The van der Waals surface area contributed by atoms with Crippen molar-refractivity contribution in [3.63, 3.8) is 0 Å². The quantitative estimate of drug-likeness (QED) is 0.888. The van der Waals surface area contributed by atoms with E-state index < -0.39 is 0 Å². The van der Waals surface area contributed by atoms with Gasteiger partial charge in [0.1, 0.15) is 0 Å². The molecule has 0 aromatic heterocycles. The molecular formula is C16H26N2. The number of aryl methyl sites for hydroxylation is 2. The zero-order chi connectivity index (χ0) is 13.2. The number of hydrogen-bond donors (Lipinski definition) is 1. The fourth-order valence-electron chi connectivity index (χ4n) is 2.86. The maximum Gasteiger partial charge on any atom is 0.0431 e. The van der Waals surface area contributed by atoms with E-state index in [1.807, 2.05) is 0 Å². The van der Waals surface area contributed by atoms with Crippen molar-refractivity contribution in [2.24, 2.45) is 5.73 Å². The number of rotatable bonds is 3. The molecule has 1 fully saturated rings. The van der Waals surface area contributed by atoms with Crippen molar-refractivity contribution in [2.75, 3.05) is 18.0 Å². The van der Waals surface area contributed by atoms with E-state index in [1.54, 1.807) is 0 Å². The van der Waals surface area contributed by atoms with Crippen molar-refractivity contribution >= 4 is 5.69 Å². The van der Waals surface area contributed by atoms with E-state index >= 15 is 0 Å². The Bertz CT molecular complexity index is 377. The summed E-state index contributed by atoms with van der Waals surface area (Å²) in [7, 11) is 0. The zero-order valence-corrected chi connectivity index (χ0v) is 12.0. The molecule has 1 saturated heterocycles. The Morgan fingerprint density at radius 2 is 1.61 bits per heavy atom. The zero-order valence-electron chi connectivity index (χ0n) is 12.0. The molecule has 0 saturated carbocycles. The molecule has 1 aliphatic rings. The summed E-state index contributed by atoms with van der Waals surface area (Å²) in [5.41, 5.74) is 10.7. The summed E-state index contributed by atoms with van der Waals surface area (Å²) >= 11 is 0. The summed E-state index contributed by atoms with van der Waals surface area (Å²) in [5.74, 6) is 0. The van der Waals surface area contributed by atoms with Crippen molar-refractivity contribution in [2.45, 2.75) is 52.0 Å². The van der Waals surface area contributed by atoms with Gasteiger partial charge in [-0.15, -0.1) is 0 Å². The van der Waals surface area contributed by atoms with E-state index in [-0.39, 0.29) is 5.54 Å². The lowest BCUT2D eigenvalue weighted by Crippen LogP contribution is -2.48. The molecule has 1 aromatic carbocycles. The predicted molar refractivity (Wildman–Crippen MR) is 79.2 cm³/mol. The average molecular weight is 246 g/mol. The molecular weight excluding hydrogens is 220 g/mol. The van der Waals surface area contributed by atoms with Crippen molar-refractivity contribution in [3.05, 3.63) is 29.3 Å². The van der Waals surface area contributed by atoms with Gasteiger partial charge in [-0.2, -0.15) is 0 Å². The number of piperidine rings is 1. The Labute approximate surface area is 111 Å². The second-order valence-corrected chi connectivity index (χ2v) is 5.77. The van der Waals surface area contributed by atoms with Crippen molar-refractivity contribution < 1.29 is 0 Å². The Kier molecular flexibility index (Phi) is 3.96. The van der Waals surface area contributed by atoms with Crippen LogP contribution >= 0.6 is 0 Å². The first-order valence-electron chi connectivity index (χ1n) is 7.22. The van der Waals surface area contributed by atoms with Gasteiger partial charge in [-0.25, -0.2) is 0 Å². The maximum atomic E-state index is 6.23. The number of anilines is 1. The van der Waals surface area contributed by atoms with Gasteiger partial charge in [0, 0.05) is 24.3 Å². The average Bonchev–Trinajstić information content (AvgIpc) is 2.38. The molecule has 2 nitrogen and oxygen atoms in total. The first kappa shape index (κ1) is 13.4. The minimum atomic E-state index is 0.0318. The highest BCUT2D eigenvalue weighted by Gasteiger charge is 2.27. The van der Waals surface area contributed by atoms with E-state index in [1.165, 1.54) is 16.8 Å². The smallest absolute Gasteiger partial charge is 0.0431 e. The Morgan fingerprint density at radius 3 is 2.06 bits per heavy atom. The van der Waals surface area contributed by atoms with Crippen LogP contribution < -0.4 is 10.6 Å². The molecule has 0 spiro atoms. The highest BCUT2D eigenvalue weighted by Crippen LogP contribution is 2.31. The summed E-state index contributed by atoms with van der Waals surface area (Å²) in [6, 6.07) is 6.73. The molecule has 0 amide bonds. The van der Waals surface area contributed by atoms with Crippen molar-refractivity contribution in [1.82, 2.24) is 0 Å². The van der Waals surface area contributed by atoms with Gasteiger partial charge in [0.15, 0.2) is 0 Å². The summed E-state index contributed by atoms with van der Waals surface area (Å²) in [6.07, 6.45) is 4.40. The fourth-order valence-corrected chi connectivity index (χ4v) is 2.86. The normalized spacial score (nSPS) is 19.0. The molecule has 0 radical (unpaired) electrons. The molecule has 0 unspecified atom stereocenters. The maximum absolute atomic E-state index is 6.23. The van der Waals surface area contributed by atoms with Crippen LogP contribution in [0.2, 0.25) is 0 Å². The van der Waals surface area contributed by atoms with Gasteiger partial charge in [-0.05, 0) is 43.7 Å². The van der Waals surface area contributed by atoms with Gasteiger partial charge >= 0.3 is 0 Å². The van der Waals surface area contributed by atoms with Crippen LogP contribution in [0, 0.1) is 0 Å². The topological polar surface area (TPSA) is 29.3 Å². The molecule has 1 heterocycles. The molecule has 2 rings (SSSR count). The first-order valence-corrected chi connectivity index (χ1v) is 7.22. The van der Waals surface area contributed by atoms with Gasteiger partial charge in [0.05, 0.1) is 0 Å². The molecule has 2 N–H and O–H groups in total. The summed E-state index contributed by atoms with van der Waals surface area (Å²) < 4.78 is 0. The Morgan fingerprint density at radius 1 is 1.11 bits per heavy atom. The van der Waals surface area contributed by atoms with Gasteiger partial charge in [-0.3, -0.25) is 0 Å². The number of para-hydroxylation sites is 1. The second kappa shape index (κ2) is 5.31. The number of nitrogens with two attached hydrogens (primary N) is 1. The van der Waals surface area contributed by atoms with Crippen LogP contribution in [0.1, 0.15) is 44.7 Å². The minimum absolute atomic E-state index is 0.0318. The molecule has 1 aromatic rings. The van der Waals surface area contributed by atoms with E-state index in [0.29, 0.717) is 0 Å². The predicted octanol–water partition coefficient (Wildman–Crippen LogP) is 3.13. The Balaban J connectivity index is 2.27. The van der Waals surface area contributed by atoms with Crippen LogP contribution in [-0.2, 0) is 12.8 Å². The Hall–Kier alpha value is -1.02. The second-order valence-electron chi connectivity index (χ2n) is 5.77. The van der Waals surface area contributed by atoms with E-state index in [0.717, 1.165) is 38.8 Å².